The zero-order chi connectivity index (χ0) is 12.5. The Morgan fingerprint density at radius 3 is 2.41 bits per heavy atom. The number of nitrogens with two attached hydrogens (primary N) is 1. The summed E-state index contributed by atoms with van der Waals surface area (Å²) in [4.78, 5) is 4.16. The summed E-state index contributed by atoms with van der Waals surface area (Å²) in [5.41, 5.74) is 1.88. The quantitative estimate of drug-likeness (QED) is 0.833. The lowest BCUT2D eigenvalue weighted by Crippen LogP contribution is -2.10. The number of benzene rings is 1. The van der Waals surface area contributed by atoms with Gasteiger partial charge in [-0.25, -0.2) is 4.99 Å². The van der Waals surface area contributed by atoms with Crippen molar-refractivity contribution in [2.24, 2.45) is 10.7 Å². The average Bonchev–Trinajstić information content (AvgIpc) is 2.63. The van der Waals surface area contributed by atoms with E-state index in [1.165, 1.54) is 12.1 Å². The lowest BCUT2D eigenvalue weighted by molar-refractivity contribution is -0.0328. The molecule has 3 nitrogen and oxygen atoms in total. The van der Waals surface area contributed by atoms with Gasteiger partial charge in [-0.05, 0) is 29.5 Å². The van der Waals surface area contributed by atoms with Crippen molar-refractivity contribution in [3.63, 3.8) is 0 Å². The first-order valence-electron chi connectivity index (χ1n) is 4.76. The van der Waals surface area contributed by atoms with Crippen LogP contribution < -0.4 is 5.73 Å². The van der Waals surface area contributed by atoms with Crippen LogP contribution in [0.4, 0.5) is 13.2 Å². The normalized spacial score (nSPS) is 19.9. The number of rotatable bonds is 2. The van der Waals surface area contributed by atoms with E-state index in [0.29, 0.717) is 6.61 Å². The molecule has 0 saturated heterocycles. The molecule has 0 saturated carbocycles. The van der Waals surface area contributed by atoms with Crippen LogP contribution >= 0.6 is 11.8 Å². The second-order valence-corrected chi connectivity index (χ2v) is 4.55. The van der Waals surface area contributed by atoms with Crippen molar-refractivity contribution in [1.29, 1.82) is 0 Å². The highest BCUT2D eigenvalue weighted by atomic mass is 32.2. The standard InChI is InChI=1S/C10H9F3N2OS/c11-10(12,13)17-7-3-1-6(2-4-7)8-5-16-9(14)15-8/h1-4,8H,5H2,(H2,14,15). The second kappa shape index (κ2) is 4.48. The van der Waals surface area contributed by atoms with Crippen molar-refractivity contribution in [3.8, 4) is 0 Å². The van der Waals surface area contributed by atoms with Crippen LogP contribution in [0.15, 0.2) is 34.2 Å². The molecule has 0 spiro atoms. The van der Waals surface area contributed by atoms with Crippen molar-refractivity contribution in [3.05, 3.63) is 29.8 Å². The monoisotopic (exact) mass is 262 g/mol. The largest absolute Gasteiger partial charge is 0.463 e. The lowest BCUT2D eigenvalue weighted by Gasteiger charge is -2.08. The van der Waals surface area contributed by atoms with E-state index >= 15 is 0 Å². The van der Waals surface area contributed by atoms with Crippen molar-refractivity contribution >= 4 is 17.8 Å². The minimum atomic E-state index is -4.26. The molecule has 7 heteroatoms. The summed E-state index contributed by atoms with van der Waals surface area (Å²) in [5, 5.41) is 0. The van der Waals surface area contributed by atoms with Gasteiger partial charge < -0.3 is 10.5 Å². The maximum Gasteiger partial charge on any atom is 0.446 e. The smallest absolute Gasteiger partial charge is 0.446 e. The summed E-state index contributed by atoms with van der Waals surface area (Å²) in [7, 11) is 0. The highest BCUT2D eigenvalue weighted by Gasteiger charge is 2.29. The molecule has 0 aromatic heterocycles. The highest BCUT2D eigenvalue weighted by Crippen LogP contribution is 2.37. The van der Waals surface area contributed by atoms with E-state index in [1.54, 1.807) is 12.1 Å². The first-order valence-corrected chi connectivity index (χ1v) is 5.57. The molecule has 0 bridgehead atoms. The molecule has 2 rings (SSSR count). The van der Waals surface area contributed by atoms with Gasteiger partial charge in [0, 0.05) is 4.90 Å². The summed E-state index contributed by atoms with van der Waals surface area (Å²) in [6.45, 7) is 0.331. The predicted octanol–water partition coefficient (Wildman–Crippen LogP) is 2.68. The van der Waals surface area contributed by atoms with Gasteiger partial charge in [0.25, 0.3) is 6.02 Å². The number of nitrogens with zero attached hydrogens (tertiary/aromatic N) is 1. The Morgan fingerprint density at radius 1 is 1.29 bits per heavy atom. The number of hydrogen-bond donors (Lipinski definition) is 1. The Kier molecular flexibility index (Phi) is 3.19. The zero-order valence-corrected chi connectivity index (χ0v) is 9.39. The SMILES string of the molecule is NC1=NC(c2ccc(SC(F)(F)F)cc2)CO1. The molecule has 1 unspecified atom stereocenters. The lowest BCUT2D eigenvalue weighted by atomic mass is 10.1. The molecule has 0 radical (unpaired) electrons. The highest BCUT2D eigenvalue weighted by molar-refractivity contribution is 8.00. The Labute approximate surface area is 99.9 Å². The molecule has 1 atom stereocenters. The van der Waals surface area contributed by atoms with Crippen molar-refractivity contribution in [2.75, 3.05) is 6.61 Å². The minimum absolute atomic E-state index is 0.115. The van der Waals surface area contributed by atoms with Gasteiger partial charge >= 0.3 is 5.51 Å². The van der Waals surface area contributed by atoms with E-state index in [9.17, 15) is 13.2 Å². The number of ether oxygens (including phenoxy) is 1. The second-order valence-electron chi connectivity index (χ2n) is 3.41. The van der Waals surface area contributed by atoms with E-state index in [4.69, 9.17) is 10.5 Å². The van der Waals surface area contributed by atoms with E-state index in [0.717, 1.165) is 5.56 Å². The van der Waals surface area contributed by atoms with Gasteiger partial charge in [-0.15, -0.1) is 0 Å². The van der Waals surface area contributed by atoms with Crippen molar-refractivity contribution in [1.82, 2.24) is 0 Å². The predicted molar refractivity (Wildman–Crippen MR) is 58.7 cm³/mol. The van der Waals surface area contributed by atoms with Gasteiger partial charge in [-0.3, -0.25) is 0 Å². The number of alkyl halides is 3. The number of aliphatic imine (C=N–C) groups is 1. The van der Waals surface area contributed by atoms with E-state index in [1.807, 2.05) is 0 Å². The Hall–Kier alpha value is -1.37. The molecule has 0 fully saturated rings. The fourth-order valence-electron chi connectivity index (χ4n) is 1.45. The molecule has 1 aliphatic heterocycles. The van der Waals surface area contributed by atoms with Crippen LogP contribution in [0.1, 0.15) is 11.6 Å². The van der Waals surface area contributed by atoms with Crippen LogP contribution in [-0.2, 0) is 4.74 Å². The maximum atomic E-state index is 12.1. The van der Waals surface area contributed by atoms with Gasteiger partial charge in [-0.2, -0.15) is 13.2 Å². The molecular formula is C10H9F3N2OS. The third-order valence-electron chi connectivity index (χ3n) is 2.17. The van der Waals surface area contributed by atoms with Gasteiger partial charge in [0.15, 0.2) is 0 Å². The summed E-state index contributed by atoms with van der Waals surface area (Å²) in [5.74, 6) is 0. The van der Waals surface area contributed by atoms with Crippen LogP contribution in [0.5, 0.6) is 0 Å². The van der Waals surface area contributed by atoms with Crippen LogP contribution in [0.2, 0.25) is 0 Å². The average molecular weight is 262 g/mol. The Morgan fingerprint density at radius 2 is 1.94 bits per heavy atom. The molecule has 1 aromatic rings. The number of hydrogen-bond acceptors (Lipinski definition) is 4. The molecule has 1 aliphatic rings. The molecule has 1 heterocycles. The number of amidine groups is 1. The topological polar surface area (TPSA) is 47.6 Å². The van der Waals surface area contributed by atoms with Crippen LogP contribution in [0.3, 0.4) is 0 Å². The Bertz CT molecular complexity index is 430. The third-order valence-corrected chi connectivity index (χ3v) is 2.91. The molecular weight excluding hydrogens is 253 g/mol. The molecule has 2 N–H and O–H groups in total. The Balaban J connectivity index is 2.08. The zero-order valence-electron chi connectivity index (χ0n) is 8.57. The molecule has 0 amide bonds. The van der Waals surface area contributed by atoms with Crippen molar-refractivity contribution < 1.29 is 17.9 Å². The van der Waals surface area contributed by atoms with E-state index < -0.39 is 5.51 Å². The maximum absolute atomic E-state index is 12.1. The molecule has 0 aliphatic carbocycles. The fourth-order valence-corrected chi connectivity index (χ4v) is 1.99. The van der Waals surface area contributed by atoms with Gasteiger partial charge in [0.2, 0.25) is 0 Å². The third kappa shape index (κ3) is 3.29. The summed E-state index contributed by atoms with van der Waals surface area (Å²) < 4.78 is 41.3. The first-order chi connectivity index (χ1) is 7.94. The number of thioether (sulfide) groups is 1. The first kappa shape index (κ1) is 12.1. The molecule has 92 valence electrons. The molecule has 1 aromatic carbocycles. The van der Waals surface area contributed by atoms with Gasteiger partial charge in [0.05, 0.1) is 0 Å². The number of halogens is 3. The van der Waals surface area contributed by atoms with Crippen LogP contribution in [0.25, 0.3) is 0 Å². The van der Waals surface area contributed by atoms with Gasteiger partial charge in [-0.1, -0.05) is 12.1 Å². The van der Waals surface area contributed by atoms with E-state index in [-0.39, 0.29) is 28.7 Å². The summed E-state index contributed by atoms with van der Waals surface area (Å²) >= 11 is -0.139. The summed E-state index contributed by atoms with van der Waals surface area (Å²) in [6.07, 6.45) is 0. The summed E-state index contributed by atoms with van der Waals surface area (Å²) in [6, 6.07) is 5.92. The van der Waals surface area contributed by atoms with Crippen molar-refractivity contribution in [2.45, 2.75) is 16.4 Å². The van der Waals surface area contributed by atoms with Crippen LogP contribution in [-0.4, -0.2) is 18.1 Å². The molecule has 17 heavy (non-hydrogen) atoms. The van der Waals surface area contributed by atoms with Crippen LogP contribution in [0, 0.1) is 0 Å². The fraction of sp³-hybridized carbons (Fsp3) is 0.300. The minimum Gasteiger partial charge on any atom is -0.463 e. The van der Waals surface area contributed by atoms with Gasteiger partial charge in [0.1, 0.15) is 12.6 Å². The van der Waals surface area contributed by atoms with E-state index in [2.05, 4.69) is 4.99 Å².